The SMILES string of the molecule is CC(C)(C)[Si](C)(C)OC1c2cc(I)ccc2-c2ccc(I)c(C3=CC(=O)C=CC3=O)c2C1O[Si](C)(C)C(C)(C)C. The largest absolute Gasteiger partial charge is 0.407 e. The molecule has 2 aliphatic carbocycles. The fraction of sp³-hybridized carbons (Fsp3) is 0.438. The van der Waals surface area contributed by atoms with E-state index in [0.717, 1.165) is 35.0 Å². The zero-order valence-electron chi connectivity index (χ0n) is 25.2. The first-order valence-electron chi connectivity index (χ1n) is 13.7. The predicted octanol–water partition coefficient (Wildman–Crippen LogP) is 9.79. The Morgan fingerprint density at radius 3 is 1.88 bits per heavy atom. The average Bonchev–Trinajstić information content (AvgIpc) is 2.81. The lowest BCUT2D eigenvalue weighted by atomic mass is 9.77. The highest BCUT2D eigenvalue weighted by atomic mass is 127. The van der Waals surface area contributed by atoms with Gasteiger partial charge in [0.25, 0.3) is 0 Å². The molecule has 2 aromatic rings. The maximum Gasteiger partial charge on any atom is 0.193 e. The maximum atomic E-state index is 13.3. The van der Waals surface area contributed by atoms with Crippen molar-refractivity contribution in [3.05, 3.63) is 72.4 Å². The lowest BCUT2D eigenvalue weighted by molar-refractivity contribution is -0.113. The molecule has 2 aliphatic rings. The number of rotatable bonds is 5. The topological polar surface area (TPSA) is 52.6 Å². The summed E-state index contributed by atoms with van der Waals surface area (Å²) in [5, 5.41) is -0.0509. The van der Waals surface area contributed by atoms with Crippen LogP contribution in [0.4, 0.5) is 0 Å². The summed E-state index contributed by atoms with van der Waals surface area (Å²) in [6.45, 7) is 22.6. The number of halogens is 2. The molecular weight excluding hydrogens is 758 g/mol. The Kier molecular flexibility index (Phi) is 8.77. The molecule has 214 valence electrons. The second-order valence-electron chi connectivity index (χ2n) is 13.9. The molecule has 0 saturated carbocycles. The summed E-state index contributed by atoms with van der Waals surface area (Å²) in [5.74, 6) is -0.336. The summed E-state index contributed by atoms with van der Waals surface area (Å²) in [7, 11) is -4.61. The lowest BCUT2D eigenvalue weighted by Gasteiger charge is -2.48. The van der Waals surface area contributed by atoms with Crippen LogP contribution in [0.15, 0.2) is 48.6 Å². The van der Waals surface area contributed by atoms with E-state index in [-0.39, 0.29) is 27.7 Å². The number of carbonyl (C=O) groups excluding carboxylic acids is 2. The minimum atomic E-state index is -2.33. The third-order valence-corrected chi connectivity index (χ3v) is 19.5. The molecule has 0 saturated heterocycles. The second-order valence-corrected chi connectivity index (χ2v) is 25.8. The zero-order chi connectivity index (χ0) is 30.0. The fourth-order valence-corrected chi connectivity index (χ4v) is 8.41. The van der Waals surface area contributed by atoms with Crippen LogP contribution < -0.4 is 0 Å². The molecule has 0 N–H and O–H groups in total. The molecular formula is C32H40I2O4Si2. The Bertz CT molecular complexity index is 1440. The molecule has 0 radical (unpaired) electrons. The maximum absolute atomic E-state index is 13.3. The number of ketones is 2. The first-order valence-corrected chi connectivity index (χ1v) is 21.7. The van der Waals surface area contributed by atoms with Gasteiger partial charge in [-0.2, -0.15) is 0 Å². The molecule has 0 fully saturated rings. The highest BCUT2D eigenvalue weighted by Crippen LogP contribution is 2.56. The van der Waals surface area contributed by atoms with Gasteiger partial charge in [-0.3, -0.25) is 9.59 Å². The Morgan fingerprint density at radius 2 is 1.30 bits per heavy atom. The van der Waals surface area contributed by atoms with E-state index in [1.165, 1.54) is 18.2 Å². The monoisotopic (exact) mass is 798 g/mol. The van der Waals surface area contributed by atoms with Gasteiger partial charge in [0.05, 0.1) is 0 Å². The molecule has 0 aliphatic heterocycles. The first kappa shape index (κ1) is 32.0. The summed E-state index contributed by atoms with van der Waals surface area (Å²) in [4.78, 5) is 25.8. The molecule has 0 amide bonds. The lowest BCUT2D eigenvalue weighted by Crippen LogP contribution is -2.47. The van der Waals surface area contributed by atoms with Gasteiger partial charge in [-0.1, -0.05) is 53.7 Å². The van der Waals surface area contributed by atoms with Crippen LogP contribution >= 0.6 is 45.2 Å². The third kappa shape index (κ3) is 5.95. The highest BCUT2D eigenvalue weighted by Gasteiger charge is 2.49. The molecule has 2 atom stereocenters. The van der Waals surface area contributed by atoms with Gasteiger partial charge in [-0.05, 0) is 140 Å². The molecule has 0 heterocycles. The van der Waals surface area contributed by atoms with Crippen molar-refractivity contribution in [1.82, 2.24) is 0 Å². The number of hydrogen-bond donors (Lipinski definition) is 0. The summed E-state index contributed by atoms with van der Waals surface area (Å²) in [6.07, 6.45) is 3.43. The number of benzene rings is 2. The van der Waals surface area contributed by atoms with Crippen molar-refractivity contribution in [1.29, 1.82) is 0 Å². The van der Waals surface area contributed by atoms with Crippen LogP contribution in [-0.2, 0) is 18.4 Å². The van der Waals surface area contributed by atoms with Crippen LogP contribution in [-0.4, -0.2) is 28.2 Å². The molecule has 8 heteroatoms. The van der Waals surface area contributed by atoms with Gasteiger partial charge in [0.2, 0.25) is 0 Å². The van der Waals surface area contributed by atoms with E-state index < -0.39 is 22.7 Å². The smallest absolute Gasteiger partial charge is 0.193 e. The molecule has 40 heavy (non-hydrogen) atoms. The zero-order valence-corrected chi connectivity index (χ0v) is 31.5. The molecule has 0 aromatic heterocycles. The Labute approximate surface area is 268 Å². The number of fused-ring (bicyclic) bond motifs is 3. The average molecular weight is 799 g/mol. The van der Waals surface area contributed by atoms with Crippen LogP contribution in [0.2, 0.25) is 36.3 Å². The van der Waals surface area contributed by atoms with Crippen molar-refractivity contribution in [2.24, 2.45) is 0 Å². The van der Waals surface area contributed by atoms with Crippen LogP contribution in [0.1, 0.15) is 70.4 Å². The van der Waals surface area contributed by atoms with Gasteiger partial charge >= 0.3 is 0 Å². The van der Waals surface area contributed by atoms with Gasteiger partial charge in [0.15, 0.2) is 28.2 Å². The van der Waals surface area contributed by atoms with Gasteiger partial charge in [0, 0.05) is 18.3 Å². The van der Waals surface area contributed by atoms with Crippen molar-refractivity contribution in [3.63, 3.8) is 0 Å². The van der Waals surface area contributed by atoms with Gasteiger partial charge in [-0.15, -0.1) is 0 Å². The summed E-state index contributed by atoms with van der Waals surface area (Å²) in [6, 6.07) is 10.7. The van der Waals surface area contributed by atoms with Crippen LogP contribution in [0.5, 0.6) is 0 Å². The minimum absolute atomic E-state index is 0.0100. The molecule has 4 rings (SSSR count). The van der Waals surface area contributed by atoms with Gasteiger partial charge < -0.3 is 8.85 Å². The van der Waals surface area contributed by atoms with Crippen LogP contribution in [0.3, 0.4) is 0 Å². The Hall–Kier alpha value is -0.926. The fourth-order valence-electron chi connectivity index (χ4n) is 4.66. The van der Waals surface area contributed by atoms with E-state index in [0.29, 0.717) is 5.57 Å². The summed E-state index contributed by atoms with van der Waals surface area (Å²) < 4.78 is 16.8. The van der Waals surface area contributed by atoms with Crippen molar-refractivity contribution < 1.29 is 18.4 Å². The third-order valence-electron chi connectivity index (χ3n) is 9.04. The number of carbonyl (C=O) groups is 2. The van der Waals surface area contributed by atoms with E-state index in [4.69, 9.17) is 8.85 Å². The molecule has 0 spiro atoms. The van der Waals surface area contributed by atoms with Crippen molar-refractivity contribution >= 4 is 79.0 Å². The quantitative estimate of drug-likeness (QED) is 0.172. The van der Waals surface area contributed by atoms with Crippen LogP contribution in [0, 0.1) is 7.14 Å². The molecule has 2 aromatic carbocycles. The van der Waals surface area contributed by atoms with E-state index >= 15 is 0 Å². The van der Waals surface area contributed by atoms with Crippen molar-refractivity contribution in [3.8, 4) is 11.1 Å². The van der Waals surface area contributed by atoms with Crippen molar-refractivity contribution in [2.75, 3.05) is 0 Å². The van der Waals surface area contributed by atoms with Gasteiger partial charge in [0.1, 0.15) is 12.2 Å². The Morgan fingerprint density at radius 1 is 0.750 bits per heavy atom. The van der Waals surface area contributed by atoms with E-state index in [9.17, 15) is 9.59 Å². The minimum Gasteiger partial charge on any atom is -0.407 e. The summed E-state index contributed by atoms with van der Waals surface area (Å²) in [5.41, 5.74) is 5.43. The second kappa shape index (κ2) is 11.0. The molecule has 4 nitrogen and oxygen atoms in total. The van der Waals surface area contributed by atoms with Crippen molar-refractivity contribution in [2.45, 2.75) is 90.0 Å². The van der Waals surface area contributed by atoms with E-state index in [1.54, 1.807) is 0 Å². The first-order chi connectivity index (χ1) is 18.2. The number of allylic oxidation sites excluding steroid dienone is 4. The molecule has 2 unspecified atom stereocenters. The van der Waals surface area contributed by atoms with Crippen LogP contribution in [0.25, 0.3) is 16.7 Å². The standard InChI is InChI=1S/C32H40I2O4Si2/c1-31(2,3)39(7,8)37-29-23-17-19(33)11-13-21(23)22-14-15-25(34)27(24-18-20(35)12-16-26(24)36)28(22)30(29)38-40(9,10)32(4,5)6/h11-18,29-30H,1-10H3. The Balaban J connectivity index is 2.10. The van der Waals surface area contributed by atoms with E-state index in [1.807, 2.05) is 6.07 Å². The predicted molar refractivity (Wildman–Crippen MR) is 186 cm³/mol. The normalized spacial score (nSPS) is 19.9. The summed E-state index contributed by atoms with van der Waals surface area (Å²) >= 11 is 4.67. The highest BCUT2D eigenvalue weighted by molar-refractivity contribution is 14.1. The number of hydrogen-bond acceptors (Lipinski definition) is 4. The van der Waals surface area contributed by atoms with Gasteiger partial charge in [-0.25, -0.2) is 0 Å². The van der Waals surface area contributed by atoms with E-state index in [2.05, 4.69) is 137 Å². The molecule has 0 bridgehead atoms.